The lowest BCUT2D eigenvalue weighted by Gasteiger charge is -2.11. The molecule has 0 saturated carbocycles. The standard InChI is InChI=1S/C21H21N5O/c22-16(10-15-12-24-19-6-2-1-4-17(15)19)13-25-20(27)8-7-14-11-26-21-18(14)5-3-9-23-21/h1-9,11-12,16,24H,10,13,22H2,(H,23,26)(H,25,27)/b8-7+/t16-/m0/s1. The first-order chi connectivity index (χ1) is 13.2. The third kappa shape index (κ3) is 3.75. The van der Waals surface area contributed by atoms with Gasteiger partial charge in [0.1, 0.15) is 5.65 Å². The Morgan fingerprint density at radius 2 is 2.00 bits per heavy atom. The summed E-state index contributed by atoms with van der Waals surface area (Å²) in [5.74, 6) is -0.164. The number of rotatable bonds is 6. The number of carbonyl (C=O) groups excluding carboxylic acids is 1. The number of aromatic amines is 2. The zero-order chi connectivity index (χ0) is 18.6. The number of pyridine rings is 1. The maximum absolute atomic E-state index is 12.1. The largest absolute Gasteiger partial charge is 0.361 e. The predicted octanol–water partition coefficient (Wildman–Crippen LogP) is 2.74. The zero-order valence-electron chi connectivity index (χ0n) is 14.8. The second-order valence-electron chi connectivity index (χ2n) is 6.55. The molecule has 136 valence electrons. The van der Waals surface area contributed by atoms with Gasteiger partial charge in [0.15, 0.2) is 0 Å². The summed E-state index contributed by atoms with van der Waals surface area (Å²) in [5, 5.41) is 5.02. The normalized spacial score (nSPS) is 12.8. The third-order valence-corrected chi connectivity index (χ3v) is 4.59. The molecule has 0 fully saturated rings. The average Bonchev–Trinajstić information content (AvgIpc) is 3.29. The Labute approximate surface area is 156 Å². The molecule has 27 heavy (non-hydrogen) atoms. The van der Waals surface area contributed by atoms with E-state index in [1.165, 1.54) is 11.5 Å². The summed E-state index contributed by atoms with van der Waals surface area (Å²) in [4.78, 5) is 22.7. The van der Waals surface area contributed by atoms with Gasteiger partial charge in [-0.15, -0.1) is 0 Å². The molecule has 3 aromatic heterocycles. The monoisotopic (exact) mass is 359 g/mol. The van der Waals surface area contributed by atoms with Gasteiger partial charge in [0.25, 0.3) is 0 Å². The van der Waals surface area contributed by atoms with Crippen LogP contribution in [0, 0.1) is 0 Å². The van der Waals surface area contributed by atoms with Gasteiger partial charge < -0.3 is 21.0 Å². The smallest absolute Gasteiger partial charge is 0.244 e. The highest BCUT2D eigenvalue weighted by Gasteiger charge is 2.09. The molecule has 1 aromatic carbocycles. The fourth-order valence-electron chi connectivity index (χ4n) is 3.23. The van der Waals surface area contributed by atoms with Crippen molar-refractivity contribution in [2.24, 2.45) is 5.73 Å². The first-order valence-corrected chi connectivity index (χ1v) is 8.89. The number of nitrogens with two attached hydrogens (primary N) is 1. The van der Waals surface area contributed by atoms with Crippen LogP contribution >= 0.6 is 0 Å². The summed E-state index contributed by atoms with van der Waals surface area (Å²) in [5.41, 5.74) is 10.2. The Balaban J connectivity index is 1.33. The van der Waals surface area contributed by atoms with E-state index in [9.17, 15) is 4.79 Å². The highest BCUT2D eigenvalue weighted by molar-refractivity contribution is 5.95. The molecule has 6 nitrogen and oxygen atoms in total. The van der Waals surface area contributed by atoms with Gasteiger partial charge in [0.05, 0.1) is 0 Å². The molecule has 0 spiro atoms. The van der Waals surface area contributed by atoms with Crippen LogP contribution in [0.25, 0.3) is 28.0 Å². The lowest BCUT2D eigenvalue weighted by molar-refractivity contribution is -0.116. The van der Waals surface area contributed by atoms with Crippen LogP contribution in [0.5, 0.6) is 0 Å². The molecule has 1 amide bonds. The van der Waals surface area contributed by atoms with E-state index in [2.05, 4.69) is 26.3 Å². The minimum atomic E-state index is -0.164. The number of para-hydroxylation sites is 1. The maximum Gasteiger partial charge on any atom is 0.244 e. The van der Waals surface area contributed by atoms with Crippen LogP contribution < -0.4 is 11.1 Å². The van der Waals surface area contributed by atoms with E-state index in [4.69, 9.17) is 5.73 Å². The van der Waals surface area contributed by atoms with Crippen molar-refractivity contribution in [1.29, 1.82) is 0 Å². The second kappa shape index (κ2) is 7.47. The van der Waals surface area contributed by atoms with Gasteiger partial charge in [-0.2, -0.15) is 0 Å². The summed E-state index contributed by atoms with van der Waals surface area (Å²) in [6, 6.07) is 11.8. The molecule has 5 N–H and O–H groups in total. The molecule has 6 heteroatoms. The van der Waals surface area contributed by atoms with E-state index in [1.54, 1.807) is 12.3 Å². The van der Waals surface area contributed by atoms with Crippen LogP contribution in [0.2, 0.25) is 0 Å². The van der Waals surface area contributed by atoms with E-state index in [0.717, 1.165) is 27.7 Å². The van der Waals surface area contributed by atoms with Gasteiger partial charge in [-0.05, 0) is 36.3 Å². The number of fused-ring (bicyclic) bond motifs is 2. The van der Waals surface area contributed by atoms with Crippen molar-refractivity contribution < 1.29 is 4.79 Å². The Morgan fingerprint density at radius 1 is 1.15 bits per heavy atom. The molecule has 3 heterocycles. The molecule has 0 saturated heterocycles. The van der Waals surface area contributed by atoms with Crippen molar-refractivity contribution in [3.05, 3.63) is 72.2 Å². The topological polar surface area (TPSA) is 99.6 Å². The van der Waals surface area contributed by atoms with Crippen molar-refractivity contribution in [2.75, 3.05) is 6.54 Å². The van der Waals surface area contributed by atoms with E-state index in [0.29, 0.717) is 13.0 Å². The van der Waals surface area contributed by atoms with Crippen molar-refractivity contribution in [3.63, 3.8) is 0 Å². The quantitative estimate of drug-likeness (QED) is 0.398. The lowest BCUT2D eigenvalue weighted by Crippen LogP contribution is -2.37. The molecular formula is C21H21N5O. The van der Waals surface area contributed by atoms with Crippen molar-refractivity contribution in [2.45, 2.75) is 12.5 Å². The number of hydrogen-bond donors (Lipinski definition) is 4. The highest BCUT2D eigenvalue weighted by atomic mass is 16.1. The molecule has 0 aliphatic rings. The molecule has 0 unspecified atom stereocenters. The highest BCUT2D eigenvalue weighted by Crippen LogP contribution is 2.19. The fourth-order valence-corrected chi connectivity index (χ4v) is 3.23. The Hall–Kier alpha value is -3.38. The summed E-state index contributed by atoms with van der Waals surface area (Å²) >= 11 is 0. The molecular weight excluding hydrogens is 338 g/mol. The molecule has 0 aliphatic heterocycles. The SMILES string of the molecule is N[C@H](CNC(=O)/C=C/c1c[nH]c2ncccc12)Cc1c[nH]c2ccccc12. The lowest BCUT2D eigenvalue weighted by atomic mass is 10.1. The van der Waals surface area contributed by atoms with Crippen LogP contribution in [0.3, 0.4) is 0 Å². The van der Waals surface area contributed by atoms with Gasteiger partial charge in [-0.3, -0.25) is 4.79 Å². The Kier molecular flexibility index (Phi) is 4.72. The Morgan fingerprint density at radius 3 is 2.93 bits per heavy atom. The summed E-state index contributed by atoms with van der Waals surface area (Å²) < 4.78 is 0. The van der Waals surface area contributed by atoms with Crippen LogP contribution in [-0.4, -0.2) is 33.4 Å². The molecule has 0 aliphatic carbocycles. The van der Waals surface area contributed by atoms with Crippen LogP contribution in [-0.2, 0) is 11.2 Å². The third-order valence-electron chi connectivity index (χ3n) is 4.59. The number of hydrogen-bond acceptors (Lipinski definition) is 3. The number of carbonyl (C=O) groups is 1. The number of nitrogens with zero attached hydrogens (tertiary/aromatic N) is 1. The molecule has 0 radical (unpaired) electrons. The molecule has 4 aromatic rings. The van der Waals surface area contributed by atoms with E-state index in [-0.39, 0.29) is 11.9 Å². The first kappa shape index (κ1) is 17.1. The van der Waals surface area contributed by atoms with Gasteiger partial charge in [-0.25, -0.2) is 4.98 Å². The zero-order valence-corrected chi connectivity index (χ0v) is 14.8. The summed E-state index contributed by atoms with van der Waals surface area (Å²) in [7, 11) is 0. The number of amides is 1. The summed E-state index contributed by atoms with van der Waals surface area (Å²) in [6.45, 7) is 0.415. The minimum Gasteiger partial charge on any atom is -0.361 e. The van der Waals surface area contributed by atoms with Crippen LogP contribution in [0.4, 0.5) is 0 Å². The number of benzene rings is 1. The van der Waals surface area contributed by atoms with E-state index >= 15 is 0 Å². The van der Waals surface area contributed by atoms with Gasteiger partial charge >= 0.3 is 0 Å². The molecule has 4 rings (SSSR count). The van der Waals surface area contributed by atoms with E-state index in [1.807, 2.05) is 42.7 Å². The van der Waals surface area contributed by atoms with Crippen molar-refractivity contribution >= 4 is 33.9 Å². The van der Waals surface area contributed by atoms with Gasteiger partial charge in [-0.1, -0.05) is 18.2 Å². The number of H-pyrrole nitrogens is 2. The average molecular weight is 359 g/mol. The second-order valence-corrected chi connectivity index (χ2v) is 6.55. The molecule has 0 bridgehead atoms. The molecule has 1 atom stereocenters. The number of nitrogens with one attached hydrogen (secondary N) is 3. The van der Waals surface area contributed by atoms with E-state index < -0.39 is 0 Å². The first-order valence-electron chi connectivity index (χ1n) is 8.89. The summed E-state index contributed by atoms with van der Waals surface area (Å²) in [6.07, 6.45) is 9.55. The van der Waals surface area contributed by atoms with Crippen molar-refractivity contribution in [3.8, 4) is 0 Å². The van der Waals surface area contributed by atoms with Gasteiger partial charge in [0.2, 0.25) is 5.91 Å². The minimum absolute atomic E-state index is 0.154. The van der Waals surface area contributed by atoms with Crippen molar-refractivity contribution in [1.82, 2.24) is 20.3 Å². The Bertz CT molecular complexity index is 1110. The van der Waals surface area contributed by atoms with Gasteiger partial charge in [0, 0.05) is 59.1 Å². The van der Waals surface area contributed by atoms with Crippen LogP contribution in [0.15, 0.2) is 61.1 Å². The fraction of sp³-hybridized carbons (Fsp3) is 0.143. The number of aromatic nitrogens is 3. The predicted molar refractivity (Wildman–Crippen MR) is 108 cm³/mol. The maximum atomic E-state index is 12.1. The van der Waals surface area contributed by atoms with Crippen LogP contribution in [0.1, 0.15) is 11.1 Å².